The van der Waals surface area contributed by atoms with Gasteiger partial charge in [0.2, 0.25) is 0 Å². The Balaban J connectivity index is 1.46. The molecule has 5 rings (SSSR count). The van der Waals surface area contributed by atoms with E-state index in [4.69, 9.17) is 0 Å². The quantitative estimate of drug-likeness (QED) is 0.344. The second kappa shape index (κ2) is 8.99. The lowest BCUT2D eigenvalue weighted by atomic mass is 10.0. The summed E-state index contributed by atoms with van der Waals surface area (Å²) in [5.74, 6) is -1.28. The number of carboxylic acid groups (broad SMARTS) is 1. The normalized spacial score (nSPS) is 17.1. The Bertz CT molecular complexity index is 1300. The van der Waals surface area contributed by atoms with Crippen molar-refractivity contribution in [2.24, 2.45) is 5.10 Å². The van der Waals surface area contributed by atoms with E-state index < -0.39 is 5.97 Å². The molecule has 2 heterocycles. The van der Waals surface area contributed by atoms with E-state index in [2.05, 4.69) is 15.8 Å². The van der Waals surface area contributed by atoms with Crippen molar-refractivity contribution < 1.29 is 19.8 Å². The number of carbonyl (C=O) groups excluding carboxylic acids is 1. The molecular formula is C26H24N4O4. The van der Waals surface area contributed by atoms with Crippen LogP contribution in [0.3, 0.4) is 0 Å². The summed E-state index contributed by atoms with van der Waals surface area (Å²) in [6.07, 6.45) is 1.75. The molecule has 0 radical (unpaired) electrons. The van der Waals surface area contributed by atoms with Crippen LogP contribution in [0.15, 0.2) is 71.8 Å². The summed E-state index contributed by atoms with van der Waals surface area (Å²) in [6.45, 7) is 1.73. The van der Waals surface area contributed by atoms with Crippen molar-refractivity contribution in [1.29, 1.82) is 0 Å². The van der Waals surface area contributed by atoms with Crippen molar-refractivity contribution in [3.8, 4) is 16.9 Å². The van der Waals surface area contributed by atoms with Gasteiger partial charge in [0.1, 0.15) is 5.75 Å². The topological polar surface area (TPSA) is 114 Å². The molecule has 1 amide bonds. The van der Waals surface area contributed by atoms with Gasteiger partial charge in [0, 0.05) is 17.2 Å². The number of benzene rings is 3. The summed E-state index contributed by atoms with van der Waals surface area (Å²) in [4.78, 5) is 26.5. The molecule has 0 atom stereocenters. The molecule has 1 saturated heterocycles. The van der Waals surface area contributed by atoms with Crippen LogP contribution in [0.2, 0.25) is 0 Å². The van der Waals surface area contributed by atoms with Crippen LogP contribution in [-0.2, 0) is 4.79 Å². The smallest absolute Gasteiger partial charge is 0.335 e. The fraction of sp³-hybridized carbons (Fsp3) is 0.192. The predicted molar refractivity (Wildman–Crippen MR) is 130 cm³/mol. The van der Waals surface area contributed by atoms with Crippen LogP contribution in [-0.4, -0.2) is 46.9 Å². The number of amides is 1. The van der Waals surface area contributed by atoms with E-state index in [-0.39, 0.29) is 23.3 Å². The number of rotatable bonds is 5. The molecular weight excluding hydrogens is 432 g/mol. The van der Waals surface area contributed by atoms with Crippen molar-refractivity contribution in [3.05, 3.63) is 77.9 Å². The number of hydrogen-bond acceptors (Lipinski definition) is 6. The van der Waals surface area contributed by atoms with E-state index in [9.17, 15) is 19.8 Å². The van der Waals surface area contributed by atoms with Crippen LogP contribution in [0.25, 0.3) is 11.1 Å². The van der Waals surface area contributed by atoms with Gasteiger partial charge in [-0.25, -0.2) is 4.79 Å². The number of carbonyl (C=O) groups is 2. The lowest BCUT2D eigenvalue weighted by Gasteiger charge is -2.31. The number of aromatic carboxylic acids is 1. The zero-order valence-corrected chi connectivity index (χ0v) is 18.4. The first kappa shape index (κ1) is 21.7. The number of nitrogens with zero attached hydrogens (tertiary/aromatic N) is 2. The molecule has 172 valence electrons. The Morgan fingerprint density at radius 3 is 2.53 bits per heavy atom. The van der Waals surface area contributed by atoms with Gasteiger partial charge in [-0.2, -0.15) is 5.10 Å². The zero-order valence-electron chi connectivity index (χ0n) is 18.4. The van der Waals surface area contributed by atoms with Crippen LogP contribution in [0.1, 0.15) is 28.8 Å². The summed E-state index contributed by atoms with van der Waals surface area (Å²) in [7, 11) is 0. The molecule has 0 bridgehead atoms. The summed E-state index contributed by atoms with van der Waals surface area (Å²) < 4.78 is 0. The van der Waals surface area contributed by atoms with Gasteiger partial charge in [-0.1, -0.05) is 42.5 Å². The largest absolute Gasteiger partial charge is 0.505 e. The molecule has 0 aromatic heterocycles. The average Bonchev–Trinajstić information content (AvgIpc) is 3.15. The first-order valence-electron chi connectivity index (χ1n) is 11.2. The van der Waals surface area contributed by atoms with Gasteiger partial charge in [-0.15, -0.1) is 0 Å². The van der Waals surface area contributed by atoms with E-state index in [1.165, 1.54) is 12.1 Å². The lowest BCUT2D eigenvalue weighted by Crippen LogP contribution is -2.45. The number of hydrazone groups is 1. The number of hydrogen-bond donors (Lipinski definition) is 4. The summed E-state index contributed by atoms with van der Waals surface area (Å²) in [5.41, 5.74) is 6.23. The first-order valence-corrected chi connectivity index (χ1v) is 11.2. The number of anilines is 2. The van der Waals surface area contributed by atoms with Crippen molar-refractivity contribution in [2.75, 3.05) is 23.4 Å². The second-order valence-electron chi connectivity index (χ2n) is 8.33. The number of piperidine rings is 1. The third kappa shape index (κ3) is 3.88. The Morgan fingerprint density at radius 1 is 1.00 bits per heavy atom. The number of aromatic hydroxyl groups is 1. The number of phenolic OH excluding ortho intramolecular Hbond substituents is 1. The molecule has 8 nitrogen and oxygen atoms in total. The first-order chi connectivity index (χ1) is 16.5. The number of nitrogens with one attached hydrogen (secondary N) is 2. The average molecular weight is 457 g/mol. The molecule has 0 saturated carbocycles. The zero-order chi connectivity index (χ0) is 23.7. The molecule has 3 aromatic carbocycles. The molecule has 0 unspecified atom stereocenters. The van der Waals surface area contributed by atoms with Gasteiger partial charge in [0.05, 0.1) is 16.9 Å². The lowest BCUT2D eigenvalue weighted by molar-refractivity contribution is -0.112. The van der Waals surface area contributed by atoms with Crippen molar-refractivity contribution in [1.82, 2.24) is 5.32 Å². The number of fused-ring (bicyclic) bond motifs is 1. The number of carboxylic acids is 1. The Kier molecular flexibility index (Phi) is 5.73. The van der Waals surface area contributed by atoms with Crippen molar-refractivity contribution in [3.63, 3.8) is 0 Å². The highest BCUT2D eigenvalue weighted by Crippen LogP contribution is 2.37. The minimum atomic E-state index is -1.04. The second-order valence-corrected chi connectivity index (χ2v) is 8.33. The third-order valence-corrected chi connectivity index (χ3v) is 6.26. The fourth-order valence-corrected chi connectivity index (χ4v) is 4.56. The fourth-order valence-electron chi connectivity index (χ4n) is 4.56. The molecule has 1 fully saturated rings. The van der Waals surface area contributed by atoms with Crippen molar-refractivity contribution in [2.45, 2.75) is 18.9 Å². The maximum Gasteiger partial charge on any atom is 0.335 e. The summed E-state index contributed by atoms with van der Waals surface area (Å²) in [6, 6.07) is 19.1. The highest BCUT2D eigenvalue weighted by Gasteiger charge is 2.38. The maximum atomic E-state index is 13.4. The third-order valence-electron chi connectivity index (χ3n) is 6.26. The van der Waals surface area contributed by atoms with E-state index in [0.717, 1.165) is 37.2 Å². The summed E-state index contributed by atoms with van der Waals surface area (Å²) >= 11 is 0. The summed E-state index contributed by atoms with van der Waals surface area (Å²) in [5, 5.41) is 27.9. The molecule has 34 heavy (non-hydrogen) atoms. The highest BCUT2D eigenvalue weighted by molar-refractivity contribution is 6.54. The predicted octanol–water partition coefficient (Wildman–Crippen LogP) is 3.67. The number of para-hydroxylation sites is 2. The van der Waals surface area contributed by atoms with Crippen molar-refractivity contribution >= 4 is 29.0 Å². The van der Waals surface area contributed by atoms with Crippen LogP contribution in [0, 0.1) is 0 Å². The van der Waals surface area contributed by atoms with E-state index in [1.807, 2.05) is 29.2 Å². The van der Waals surface area contributed by atoms with Crippen LogP contribution in [0.4, 0.5) is 11.4 Å². The van der Waals surface area contributed by atoms with Gasteiger partial charge in [0.15, 0.2) is 5.71 Å². The molecule has 3 aromatic rings. The van der Waals surface area contributed by atoms with Gasteiger partial charge in [-0.05, 0) is 55.8 Å². The van der Waals surface area contributed by atoms with Crippen LogP contribution >= 0.6 is 0 Å². The standard InChI is InChI=1S/C26H24N4O4/c31-24-19(16-5-3-6-17(15-16)26(33)34)8-4-9-21(24)28-29-23-20-7-1-2-10-22(20)30(25(23)32)18-11-13-27-14-12-18/h1-10,15,18,27-28,31H,11-14H2,(H,33,34). The molecule has 0 aliphatic carbocycles. The van der Waals surface area contributed by atoms with E-state index in [1.54, 1.807) is 30.3 Å². The molecule has 0 spiro atoms. The SMILES string of the molecule is O=C(O)c1cccc(-c2cccc(NN=C3C(=O)N(C4CCNCC4)c4ccccc43)c2O)c1. The maximum absolute atomic E-state index is 13.4. The van der Waals surface area contributed by atoms with E-state index >= 15 is 0 Å². The van der Waals surface area contributed by atoms with E-state index in [0.29, 0.717) is 22.5 Å². The van der Waals surface area contributed by atoms with Gasteiger partial charge < -0.3 is 20.4 Å². The van der Waals surface area contributed by atoms with Gasteiger partial charge in [0.25, 0.3) is 5.91 Å². The molecule has 8 heteroatoms. The molecule has 2 aliphatic heterocycles. The molecule has 2 aliphatic rings. The van der Waals surface area contributed by atoms with Crippen LogP contribution in [0.5, 0.6) is 5.75 Å². The van der Waals surface area contributed by atoms with Gasteiger partial charge >= 0.3 is 5.97 Å². The minimum Gasteiger partial charge on any atom is -0.505 e. The Labute approximate surface area is 196 Å². The monoisotopic (exact) mass is 456 g/mol. The number of phenols is 1. The van der Waals surface area contributed by atoms with Gasteiger partial charge in [-0.3, -0.25) is 10.2 Å². The Morgan fingerprint density at radius 2 is 1.74 bits per heavy atom. The Hall–Kier alpha value is -4.17. The molecule has 4 N–H and O–H groups in total. The highest BCUT2D eigenvalue weighted by atomic mass is 16.4. The van der Waals surface area contributed by atoms with Crippen LogP contribution < -0.4 is 15.6 Å². The minimum absolute atomic E-state index is 0.0802.